The van der Waals surface area contributed by atoms with Crippen molar-refractivity contribution in [3.63, 3.8) is 0 Å². The van der Waals surface area contributed by atoms with Gasteiger partial charge in [-0.15, -0.1) is 11.3 Å². The first-order valence-corrected chi connectivity index (χ1v) is 10.6. The summed E-state index contributed by atoms with van der Waals surface area (Å²) in [5.74, 6) is -0.223. The van der Waals surface area contributed by atoms with Crippen LogP contribution in [0.4, 0.5) is 5.13 Å². The lowest BCUT2D eigenvalue weighted by atomic mass is 10.2. The van der Waals surface area contributed by atoms with Crippen LogP contribution in [0.2, 0.25) is 0 Å². The summed E-state index contributed by atoms with van der Waals surface area (Å²) in [6.45, 7) is 0.424. The van der Waals surface area contributed by atoms with E-state index in [1.54, 1.807) is 16.5 Å². The van der Waals surface area contributed by atoms with E-state index < -0.39 is 0 Å². The molecular weight excluding hydrogens is 454 g/mol. The standard InChI is InChI=1S/C17H14BrN3O2S3/c18-12-5-3-11(4-6-12)10-13-15(23)21(17(24)26-13)8-1-2-14(22)20-16-19-7-9-25-16/h3-7,9-10H,1-2,8H2,(H,19,20,22)/b13-10+. The summed E-state index contributed by atoms with van der Waals surface area (Å²) in [5.41, 5.74) is 0.941. The molecule has 3 rings (SSSR count). The highest BCUT2D eigenvalue weighted by molar-refractivity contribution is 9.10. The molecule has 0 spiro atoms. The number of thiocarbonyl (C=S) groups is 1. The number of rotatable bonds is 6. The first-order chi connectivity index (χ1) is 12.5. The van der Waals surface area contributed by atoms with Crippen molar-refractivity contribution in [2.75, 3.05) is 11.9 Å². The van der Waals surface area contributed by atoms with Gasteiger partial charge in [0.15, 0.2) is 5.13 Å². The van der Waals surface area contributed by atoms with Crippen LogP contribution in [0, 0.1) is 0 Å². The number of benzene rings is 1. The van der Waals surface area contributed by atoms with E-state index in [1.807, 2.05) is 30.3 Å². The van der Waals surface area contributed by atoms with Crippen LogP contribution < -0.4 is 5.32 Å². The van der Waals surface area contributed by atoms with E-state index in [0.717, 1.165) is 10.0 Å². The van der Waals surface area contributed by atoms with Crippen LogP contribution in [0.1, 0.15) is 18.4 Å². The second-order valence-electron chi connectivity index (χ2n) is 5.37. The number of nitrogens with one attached hydrogen (secondary N) is 1. The van der Waals surface area contributed by atoms with Gasteiger partial charge in [0.2, 0.25) is 5.91 Å². The van der Waals surface area contributed by atoms with Crippen LogP contribution in [0.3, 0.4) is 0 Å². The third-order valence-electron chi connectivity index (χ3n) is 3.51. The largest absolute Gasteiger partial charge is 0.302 e. The molecule has 1 aromatic heterocycles. The number of anilines is 1. The van der Waals surface area contributed by atoms with E-state index in [4.69, 9.17) is 12.2 Å². The zero-order chi connectivity index (χ0) is 18.5. The predicted octanol–water partition coefficient (Wildman–Crippen LogP) is 4.53. The van der Waals surface area contributed by atoms with Gasteiger partial charge in [0.05, 0.1) is 4.91 Å². The maximum atomic E-state index is 12.6. The van der Waals surface area contributed by atoms with Gasteiger partial charge in [0.25, 0.3) is 5.91 Å². The topological polar surface area (TPSA) is 62.3 Å². The Morgan fingerprint density at radius 3 is 2.81 bits per heavy atom. The molecule has 1 aliphatic heterocycles. The first-order valence-electron chi connectivity index (χ1n) is 7.73. The van der Waals surface area contributed by atoms with Gasteiger partial charge in [-0.2, -0.15) is 0 Å². The van der Waals surface area contributed by atoms with Gasteiger partial charge >= 0.3 is 0 Å². The predicted molar refractivity (Wildman–Crippen MR) is 114 cm³/mol. The molecule has 0 unspecified atom stereocenters. The minimum absolute atomic E-state index is 0.108. The number of halogens is 1. The molecule has 2 heterocycles. The van der Waals surface area contributed by atoms with Crippen molar-refractivity contribution in [3.05, 3.63) is 50.8 Å². The fourth-order valence-electron chi connectivity index (χ4n) is 2.27. The summed E-state index contributed by atoms with van der Waals surface area (Å²) in [4.78, 5) is 30.6. The van der Waals surface area contributed by atoms with Crippen molar-refractivity contribution >= 4 is 78.6 Å². The monoisotopic (exact) mass is 467 g/mol. The molecule has 1 fully saturated rings. The van der Waals surface area contributed by atoms with E-state index >= 15 is 0 Å². The first kappa shape index (κ1) is 19.2. The second kappa shape index (κ2) is 8.90. The highest BCUT2D eigenvalue weighted by atomic mass is 79.9. The molecule has 5 nitrogen and oxygen atoms in total. The van der Waals surface area contributed by atoms with Crippen LogP contribution in [-0.2, 0) is 9.59 Å². The molecule has 0 radical (unpaired) electrons. The molecule has 1 N–H and O–H groups in total. The molecule has 26 heavy (non-hydrogen) atoms. The lowest BCUT2D eigenvalue weighted by Gasteiger charge is -2.13. The lowest BCUT2D eigenvalue weighted by Crippen LogP contribution is -2.29. The van der Waals surface area contributed by atoms with Gasteiger partial charge in [-0.05, 0) is 30.2 Å². The fourth-order valence-corrected chi connectivity index (χ4v) is 4.39. The zero-order valence-corrected chi connectivity index (χ0v) is 17.5. The third-order valence-corrected chi connectivity index (χ3v) is 6.10. The van der Waals surface area contributed by atoms with Crippen molar-refractivity contribution in [1.29, 1.82) is 0 Å². The molecule has 0 aliphatic carbocycles. The number of thioether (sulfide) groups is 1. The normalized spacial score (nSPS) is 15.7. The van der Waals surface area contributed by atoms with Crippen molar-refractivity contribution < 1.29 is 9.59 Å². The number of aromatic nitrogens is 1. The summed E-state index contributed by atoms with van der Waals surface area (Å²) in [5, 5.41) is 5.11. The van der Waals surface area contributed by atoms with Crippen LogP contribution in [0.15, 0.2) is 45.2 Å². The molecule has 1 aliphatic rings. The van der Waals surface area contributed by atoms with Gasteiger partial charge < -0.3 is 5.32 Å². The minimum atomic E-state index is -0.115. The second-order valence-corrected chi connectivity index (χ2v) is 8.86. The maximum Gasteiger partial charge on any atom is 0.266 e. The Balaban J connectivity index is 1.54. The molecule has 1 saturated heterocycles. The Morgan fingerprint density at radius 2 is 2.12 bits per heavy atom. The van der Waals surface area contributed by atoms with Gasteiger partial charge in [0.1, 0.15) is 4.32 Å². The highest BCUT2D eigenvalue weighted by Gasteiger charge is 2.31. The molecule has 0 bridgehead atoms. The van der Waals surface area contributed by atoms with Gasteiger partial charge in [0, 0.05) is 29.0 Å². The maximum absolute atomic E-state index is 12.6. The van der Waals surface area contributed by atoms with Crippen LogP contribution in [0.25, 0.3) is 6.08 Å². The Labute approximate surface area is 173 Å². The number of carbonyl (C=O) groups excluding carboxylic acids is 2. The van der Waals surface area contributed by atoms with E-state index in [-0.39, 0.29) is 11.8 Å². The van der Waals surface area contributed by atoms with Crippen LogP contribution in [0.5, 0.6) is 0 Å². The van der Waals surface area contributed by atoms with Crippen LogP contribution >= 0.6 is 51.2 Å². The zero-order valence-electron chi connectivity index (χ0n) is 13.5. The average Bonchev–Trinajstić information content (AvgIpc) is 3.20. The van der Waals surface area contributed by atoms with E-state index in [0.29, 0.717) is 33.7 Å². The highest BCUT2D eigenvalue weighted by Crippen LogP contribution is 2.32. The average molecular weight is 468 g/mol. The number of nitrogens with zero attached hydrogens (tertiary/aromatic N) is 2. The minimum Gasteiger partial charge on any atom is -0.302 e. The molecule has 1 aromatic carbocycles. The number of hydrogen-bond donors (Lipinski definition) is 1. The SMILES string of the molecule is O=C(CCCN1C(=O)/C(=C\c2ccc(Br)cc2)SC1=S)Nc1nccs1. The van der Waals surface area contributed by atoms with E-state index in [1.165, 1.54) is 23.1 Å². The molecule has 134 valence electrons. The Morgan fingerprint density at radius 1 is 1.35 bits per heavy atom. The lowest BCUT2D eigenvalue weighted by molar-refractivity contribution is -0.122. The molecular formula is C17H14BrN3O2S3. The molecule has 9 heteroatoms. The molecule has 0 atom stereocenters. The van der Waals surface area contributed by atoms with Crippen molar-refractivity contribution in [1.82, 2.24) is 9.88 Å². The fraction of sp³-hybridized carbons (Fsp3) is 0.176. The van der Waals surface area contributed by atoms with Gasteiger partial charge in [-0.1, -0.05) is 52.0 Å². The van der Waals surface area contributed by atoms with Crippen molar-refractivity contribution in [2.24, 2.45) is 0 Å². The van der Waals surface area contributed by atoms with Crippen LogP contribution in [-0.4, -0.2) is 32.6 Å². The van der Waals surface area contributed by atoms with Gasteiger partial charge in [-0.25, -0.2) is 4.98 Å². The summed E-state index contributed by atoms with van der Waals surface area (Å²) >= 11 is 11.4. The number of hydrogen-bond acceptors (Lipinski definition) is 6. The van der Waals surface area contributed by atoms with E-state index in [9.17, 15) is 9.59 Å². The van der Waals surface area contributed by atoms with Gasteiger partial charge in [-0.3, -0.25) is 14.5 Å². The summed E-state index contributed by atoms with van der Waals surface area (Å²) in [6.07, 6.45) is 4.32. The molecule has 2 amide bonds. The Bertz CT molecular complexity index is 851. The quantitative estimate of drug-likeness (QED) is 0.499. The summed E-state index contributed by atoms with van der Waals surface area (Å²) in [7, 11) is 0. The number of carbonyl (C=O) groups is 2. The summed E-state index contributed by atoms with van der Waals surface area (Å²) in [6, 6.07) is 7.71. The molecule has 2 aromatic rings. The third kappa shape index (κ3) is 5.00. The number of thiazole rings is 1. The Kier molecular flexibility index (Phi) is 6.58. The summed E-state index contributed by atoms with van der Waals surface area (Å²) < 4.78 is 1.51. The molecule has 0 saturated carbocycles. The number of amides is 2. The Hall–Kier alpha value is -1.55. The smallest absolute Gasteiger partial charge is 0.266 e. The van der Waals surface area contributed by atoms with E-state index in [2.05, 4.69) is 26.2 Å². The van der Waals surface area contributed by atoms with Crippen molar-refractivity contribution in [3.8, 4) is 0 Å². The van der Waals surface area contributed by atoms with Crippen molar-refractivity contribution in [2.45, 2.75) is 12.8 Å².